The molecule has 5 heteroatoms. The number of carbonyl (C=O) groups excluding carboxylic acids is 1. The highest BCUT2D eigenvalue weighted by atomic mass is 35.5. The normalized spacial score (nSPS) is 17.4. The number of likely N-dealkylation sites (tertiary alicyclic amines) is 1. The van der Waals surface area contributed by atoms with Gasteiger partial charge in [0.2, 0.25) is 0 Å². The van der Waals surface area contributed by atoms with Crippen molar-refractivity contribution in [3.63, 3.8) is 0 Å². The number of rotatable bonds is 4. The number of aryl methyl sites for hydroxylation is 1. The van der Waals surface area contributed by atoms with Gasteiger partial charge in [-0.05, 0) is 49.1 Å². The van der Waals surface area contributed by atoms with E-state index in [4.69, 9.17) is 16.3 Å². The maximum absolute atomic E-state index is 12.5. The van der Waals surface area contributed by atoms with Crippen LogP contribution in [0.3, 0.4) is 0 Å². The minimum atomic E-state index is -0.105. The Morgan fingerprint density at radius 2 is 2.12 bits per heavy atom. The molecule has 1 atom stereocenters. The molecule has 25 heavy (non-hydrogen) atoms. The summed E-state index contributed by atoms with van der Waals surface area (Å²) in [7, 11) is 0. The fraction of sp³-hybridized carbons (Fsp3) is 0.350. The summed E-state index contributed by atoms with van der Waals surface area (Å²) in [6, 6.07) is 15.3. The molecular weight excluding hydrogens is 336 g/mol. The highest BCUT2D eigenvalue weighted by Crippen LogP contribution is 2.19. The molecule has 0 aromatic heterocycles. The van der Waals surface area contributed by atoms with Crippen molar-refractivity contribution in [2.75, 3.05) is 18.4 Å². The molecule has 0 bridgehead atoms. The second kappa shape index (κ2) is 8.37. The summed E-state index contributed by atoms with van der Waals surface area (Å²) >= 11 is 5.96. The number of carbonyl (C=O) groups is 1. The average molecular weight is 359 g/mol. The lowest BCUT2D eigenvalue weighted by molar-refractivity contribution is 0.000830. The van der Waals surface area contributed by atoms with Crippen LogP contribution < -0.4 is 5.32 Å². The molecular formula is C20H23ClN2O2. The molecule has 0 spiro atoms. The van der Waals surface area contributed by atoms with Crippen molar-refractivity contribution in [2.45, 2.75) is 32.5 Å². The zero-order valence-electron chi connectivity index (χ0n) is 14.4. The van der Waals surface area contributed by atoms with E-state index in [0.29, 0.717) is 23.9 Å². The molecule has 1 aliphatic heterocycles. The van der Waals surface area contributed by atoms with Gasteiger partial charge in [0, 0.05) is 23.8 Å². The van der Waals surface area contributed by atoms with Crippen molar-refractivity contribution < 1.29 is 9.53 Å². The van der Waals surface area contributed by atoms with Gasteiger partial charge in [-0.3, -0.25) is 0 Å². The molecule has 0 aliphatic carbocycles. The number of hydrogen-bond acceptors (Lipinski definition) is 2. The summed E-state index contributed by atoms with van der Waals surface area (Å²) in [4.78, 5) is 14.3. The van der Waals surface area contributed by atoms with Gasteiger partial charge in [-0.25, -0.2) is 4.79 Å². The van der Waals surface area contributed by atoms with Crippen molar-refractivity contribution in [1.29, 1.82) is 0 Å². The van der Waals surface area contributed by atoms with Crippen LogP contribution in [0.4, 0.5) is 10.5 Å². The Balaban J connectivity index is 1.53. The van der Waals surface area contributed by atoms with E-state index in [0.717, 1.165) is 19.4 Å². The molecule has 1 N–H and O–H groups in total. The Bertz CT molecular complexity index is 735. The highest BCUT2D eigenvalue weighted by molar-refractivity contribution is 6.30. The predicted molar refractivity (Wildman–Crippen MR) is 101 cm³/mol. The quantitative estimate of drug-likeness (QED) is 0.847. The SMILES string of the molecule is Cc1ccccc1COC1CCCN(C(=O)Nc2cccc(Cl)c2)C1. The molecule has 1 fully saturated rings. The minimum Gasteiger partial charge on any atom is -0.372 e. The van der Waals surface area contributed by atoms with E-state index in [1.165, 1.54) is 11.1 Å². The summed E-state index contributed by atoms with van der Waals surface area (Å²) in [6.45, 7) is 4.03. The van der Waals surface area contributed by atoms with Crippen LogP contribution in [0.2, 0.25) is 5.02 Å². The second-order valence-corrected chi connectivity index (χ2v) is 6.82. The minimum absolute atomic E-state index is 0.0680. The van der Waals surface area contributed by atoms with Crippen LogP contribution in [0.25, 0.3) is 0 Å². The first kappa shape index (κ1) is 17.8. The zero-order chi connectivity index (χ0) is 17.6. The van der Waals surface area contributed by atoms with Crippen LogP contribution >= 0.6 is 11.6 Å². The van der Waals surface area contributed by atoms with Gasteiger partial charge < -0.3 is 15.0 Å². The van der Waals surface area contributed by atoms with Crippen molar-refractivity contribution in [2.24, 2.45) is 0 Å². The van der Waals surface area contributed by atoms with Gasteiger partial charge >= 0.3 is 6.03 Å². The molecule has 1 saturated heterocycles. The van der Waals surface area contributed by atoms with E-state index in [-0.39, 0.29) is 12.1 Å². The van der Waals surface area contributed by atoms with Gasteiger partial charge in [0.05, 0.1) is 12.7 Å². The standard InChI is InChI=1S/C20H23ClN2O2/c1-15-6-2-3-7-16(15)14-25-19-10-5-11-23(13-19)20(24)22-18-9-4-8-17(21)12-18/h2-4,6-9,12,19H,5,10-11,13-14H2,1H3,(H,22,24). The molecule has 3 rings (SSSR count). The van der Waals surface area contributed by atoms with Crippen LogP contribution in [0.15, 0.2) is 48.5 Å². The third-order valence-corrected chi connectivity index (χ3v) is 4.71. The first-order valence-corrected chi connectivity index (χ1v) is 8.97. The number of ether oxygens (including phenoxy) is 1. The number of halogens is 1. The molecule has 2 aromatic rings. The molecule has 1 heterocycles. The van der Waals surface area contributed by atoms with Crippen molar-refractivity contribution in [1.82, 2.24) is 4.90 Å². The molecule has 132 valence electrons. The molecule has 1 unspecified atom stereocenters. The predicted octanol–water partition coefficient (Wildman–Crippen LogP) is 4.86. The Morgan fingerprint density at radius 1 is 1.28 bits per heavy atom. The molecule has 2 amide bonds. The van der Waals surface area contributed by atoms with E-state index in [1.807, 2.05) is 29.2 Å². The molecule has 4 nitrogen and oxygen atoms in total. The van der Waals surface area contributed by atoms with Crippen LogP contribution in [0, 0.1) is 6.92 Å². The average Bonchev–Trinajstić information content (AvgIpc) is 2.61. The van der Waals surface area contributed by atoms with Gasteiger partial charge in [-0.2, -0.15) is 0 Å². The summed E-state index contributed by atoms with van der Waals surface area (Å²) in [5.74, 6) is 0. The lowest BCUT2D eigenvalue weighted by Crippen LogP contribution is -2.45. The largest absolute Gasteiger partial charge is 0.372 e. The van der Waals surface area contributed by atoms with Gasteiger partial charge in [0.1, 0.15) is 0 Å². The number of anilines is 1. The maximum atomic E-state index is 12.5. The zero-order valence-corrected chi connectivity index (χ0v) is 15.1. The second-order valence-electron chi connectivity index (χ2n) is 6.39. The van der Waals surface area contributed by atoms with Crippen LogP contribution in [-0.4, -0.2) is 30.1 Å². The number of hydrogen-bond donors (Lipinski definition) is 1. The van der Waals surface area contributed by atoms with E-state index in [9.17, 15) is 4.79 Å². The van der Waals surface area contributed by atoms with Gasteiger partial charge in [0.15, 0.2) is 0 Å². The lowest BCUT2D eigenvalue weighted by atomic mass is 10.1. The third-order valence-electron chi connectivity index (χ3n) is 4.48. The molecule has 0 saturated carbocycles. The Kier molecular flexibility index (Phi) is 5.95. The number of nitrogens with one attached hydrogen (secondary N) is 1. The van der Waals surface area contributed by atoms with Crippen molar-refractivity contribution in [3.8, 4) is 0 Å². The van der Waals surface area contributed by atoms with Crippen LogP contribution in [0.1, 0.15) is 24.0 Å². The molecule has 1 aliphatic rings. The fourth-order valence-electron chi connectivity index (χ4n) is 3.01. The first-order valence-electron chi connectivity index (χ1n) is 8.59. The Labute approximate surface area is 153 Å². The van der Waals surface area contributed by atoms with Crippen molar-refractivity contribution >= 4 is 23.3 Å². The first-order chi connectivity index (χ1) is 12.1. The number of urea groups is 1. The smallest absolute Gasteiger partial charge is 0.321 e. The van der Waals surface area contributed by atoms with E-state index < -0.39 is 0 Å². The Hall–Kier alpha value is -2.04. The van der Waals surface area contributed by atoms with Crippen LogP contribution in [0.5, 0.6) is 0 Å². The number of piperidine rings is 1. The lowest BCUT2D eigenvalue weighted by Gasteiger charge is -2.32. The summed E-state index contributed by atoms with van der Waals surface area (Å²) < 4.78 is 6.06. The fourth-order valence-corrected chi connectivity index (χ4v) is 3.20. The molecule has 2 aromatic carbocycles. The van der Waals surface area contributed by atoms with E-state index >= 15 is 0 Å². The van der Waals surface area contributed by atoms with Gasteiger partial charge in [0.25, 0.3) is 0 Å². The monoisotopic (exact) mass is 358 g/mol. The summed E-state index contributed by atoms with van der Waals surface area (Å²) in [5.41, 5.74) is 3.14. The number of benzene rings is 2. The van der Waals surface area contributed by atoms with Crippen molar-refractivity contribution in [3.05, 3.63) is 64.7 Å². The van der Waals surface area contributed by atoms with E-state index in [2.05, 4.69) is 24.4 Å². The summed E-state index contributed by atoms with van der Waals surface area (Å²) in [6.07, 6.45) is 1.99. The maximum Gasteiger partial charge on any atom is 0.321 e. The number of nitrogens with zero attached hydrogens (tertiary/aromatic N) is 1. The van der Waals surface area contributed by atoms with Crippen LogP contribution in [-0.2, 0) is 11.3 Å². The van der Waals surface area contributed by atoms with Gasteiger partial charge in [-0.15, -0.1) is 0 Å². The third kappa shape index (κ3) is 4.97. The van der Waals surface area contributed by atoms with E-state index in [1.54, 1.807) is 12.1 Å². The summed E-state index contributed by atoms with van der Waals surface area (Å²) in [5, 5.41) is 3.51. The van der Waals surface area contributed by atoms with Gasteiger partial charge in [-0.1, -0.05) is 41.9 Å². The Morgan fingerprint density at radius 3 is 2.92 bits per heavy atom. The topological polar surface area (TPSA) is 41.6 Å². The highest BCUT2D eigenvalue weighted by Gasteiger charge is 2.24. The molecule has 0 radical (unpaired) electrons. The number of amides is 2.